The Balaban J connectivity index is 1.53. The minimum Gasteiger partial charge on any atom is -0.372 e. The number of amides is 2. The largest absolute Gasteiger partial charge is 0.372 e. The van der Waals surface area contributed by atoms with E-state index in [4.69, 9.17) is 0 Å². The van der Waals surface area contributed by atoms with Crippen LogP contribution in [-0.2, 0) is 9.59 Å². The maximum Gasteiger partial charge on any atom is 0.314 e. The van der Waals surface area contributed by atoms with Crippen molar-refractivity contribution in [1.29, 1.82) is 0 Å². The number of anilines is 4. The van der Waals surface area contributed by atoms with E-state index in [1.54, 1.807) is 0 Å². The van der Waals surface area contributed by atoms with Gasteiger partial charge in [-0.25, -0.2) is 0 Å². The number of likely N-dealkylation sites (N-methyl/N-ethyl adjacent to an activating group) is 1. The number of nitrogens with one attached hydrogen (secondary N) is 2. The molecule has 0 radical (unpaired) electrons. The molecule has 1 aliphatic heterocycles. The Morgan fingerprint density at radius 1 is 0.800 bits per heavy atom. The number of carbonyl (C=O) groups excluding carboxylic acids is 2. The summed E-state index contributed by atoms with van der Waals surface area (Å²) in [6.07, 6.45) is 0. The lowest BCUT2D eigenvalue weighted by atomic mass is 10.2. The van der Waals surface area contributed by atoms with Crippen LogP contribution in [0, 0.1) is 0 Å². The first-order valence-electron chi connectivity index (χ1n) is 10.5. The van der Waals surface area contributed by atoms with Gasteiger partial charge in [0.05, 0.1) is 0 Å². The van der Waals surface area contributed by atoms with E-state index in [0.717, 1.165) is 50.6 Å². The van der Waals surface area contributed by atoms with Crippen LogP contribution in [0.1, 0.15) is 13.8 Å². The van der Waals surface area contributed by atoms with Crippen LogP contribution in [0.15, 0.2) is 48.5 Å². The molecule has 0 atom stereocenters. The Labute approximate surface area is 178 Å². The zero-order valence-corrected chi connectivity index (χ0v) is 18.0. The van der Waals surface area contributed by atoms with Crippen LogP contribution in [0.5, 0.6) is 0 Å². The molecule has 0 spiro atoms. The van der Waals surface area contributed by atoms with Gasteiger partial charge >= 0.3 is 11.8 Å². The molecule has 160 valence electrons. The summed E-state index contributed by atoms with van der Waals surface area (Å²) in [6.45, 7) is 10.1. The number of nitrogens with zero attached hydrogens (tertiary/aromatic N) is 3. The first-order chi connectivity index (χ1) is 14.5. The second-order valence-electron chi connectivity index (χ2n) is 7.46. The van der Waals surface area contributed by atoms with Crippen LogP contribution in [0.25, 0.3) is 0 Å². The molecule has 7 heteroatoms. The summed E-state index contributed by atoms with van der Waals surface area (Å²) in [5.74, 6) is -1.37. The molecule has 0 aliphatic carbocycles. The van der Waals surface area contributed by atoms with Crippen molar-refractivity contribution < 1.29 is 9.59 Å². The van der Waals surface area contributed by atoms with E-state index < -0.39 is 11.8 Å². The van der Waals surface area contributed by atoms with Crippen LogP contribution in [0.4, 0.5) is 22.7 Å². The fourth-order valence-electron chi connectivity index (χ4n) is 3.54. The van der Waals surface area contributed by atoms with Gasteiger partial charge in [-0.2, -0.15) is 0 Å². The maximum absolute atomic E-state index is 12.3. The van der Waals surface area contributed by atoms with Gasteiger partial charge in [0.2, 0.25) is 0 Å². The Morgan fingerprint density at radius 2 is 1.27 bits per heavy atom. The summed E-state index contributed by atoms with van der Waals surface area (Å²) in [5, 5.41) is 5.31. The molecule has 0 aromatic heterocycles. The lowest BCUT2D eigenvalue weighted by Crippen LogP contribution is -2.44. The number of benzene rings is 2. The van der Waals surface area contributed by atoms with Gasteiger partial charge in [0, 0.05) is 62.0 Å². The van der Waals surface area contributed by atoms with E-state index in [2.05, 4.69) is 46.2 Å². The number of hydrogen-bond acceptors (Lipinski definition) is 5. The van der Waals surface area contributed by atoms with E-state index in [0.29, 0.717) is 11.4 Å². The predicted molar refractivity (Wildman–Crippen MR) is 123 cm³/mol. The molecular weight excluding hydrogens is 378 g/mol. The average molecular weight is 410 g/mol. The van der Waals surface area contributed by atoms with Gasteiger partial charge in [0.15, 0.2) is 0 Å². The molecule has 30 heavy (non-hydrogen) atoms. The topological polar surface area (TPSA) is 67.9 Å². The molecule has 2 N–H and O–H groups in total. The van der Waals surface area contributed by atoms with Crippen LogP contribution in [0.2, 0.25) is 0 Å². The quantitative estimate of drug-likeness (QED) is 0.718. The number of piperazine rings is 1. The molecule has 2 aromatic rings. The number of hydrogen-bond donors (Lipinski definition) is 2. The van der Waals surface area contributed by atoms with Crippen molar-refractivity contribution in [3.8, 4) is 0 Å². The Bertz CT molecular complexity index is 839. The smallest absolute Gasteiger partial charge is 0.314 e. The fourth-order valence-corrected chi connectivity index (χ4v) is 3.54. The Hall–Kier alpha value is -3.06. The van der Waals surface area contributed by atoms with Crippen molar-refractivity contribution in [3.05, 3.63) is 48.5 Å². The lowest BCUT2D eigenvalue weighted by molar-refractivity contribution is -0.132. The number of rotatable bonds is 6. The zero-order chi connectivity index (χ0) is 21.5. The minimum atomic E-state index is -0.686. The van der Waals surface area contributed by atoms with Crippen LogP contribution in [0.3, 0.4) is 0 Å². The van der Waals surface area contributed by atoms with E-state index >= 15 is 0 Å². The third-order valence-electron chi connectivity index (χ3n) is 5.45. The summed E-state index contributed by atoms with van der Waals surface area (Å²) < 4.78 is 0. The highest BCUT2D eigenvalue weighted by Gasteiger charge is 2.16. The zero-order valence-electron chi connectivity index (χ0n) is 18.0. The number of carbonyl (C=O) groups is 2. The minimum absolute atomic E-state index is 0.594. The SMILES string of the molecule is CCN(CC)c1ccc(NC(=O)C(=O)Nc2ccc(N3CCN(C)CC3)cc2)cc1. The molecule has 0 saturated carbocycles. The van der Waals surface area contributed by atoms with Crippen LogP contribution < -0.4 is 20.4 Å². The predicted octanol–water partition coefficient (Wildman–Crippen LogP) is 2.86. The molecular formula is C23H31N5O2. The van der Waals surface area contributed by atoms with E-state index in [-0.39, 0.29) is 0 Å². The highest BCUT2D eigenvalue weighted by Crippen LogP contribution is 2.20. The van der Waals surface area contributed by atoms with Gasteiger partial charge in [0.1, 0.15) is 0 Å². The molecule has 7 nitrogen and oxygen atoms in total. The monoisotopic (exact) mass is 409 g/mol. The highest BCUT2D eigenvalue weighted by atomic mass is 16.2. The van der Waals surface area contributed by atoms with Crippen molar-refractivity contribution in [2.24, 2.45) is 0 Å². The summed E-state index contributed by atoms with van der Waals surface area (Å²) in [4.78, 5) is 31.3. The van der Waals surface area contributed by atoms with E-state index in [1.807, 2.05) is 48.5 Å². The molecule has 1 saturated heterocycles. The molecule has 1 heterocycles. The molecule has 2 amide bonds. The van der Waals surface area contributed by atoms with Crippen molar-refractivity contribution in [1.82, 2.24) is 4.90 Å². The molecule has 1 aliphatic rings. The van der Waals surface area contributed by atoms with Crippen molar-refractivity contribution >= 4 is 34.6 Å². The van der Waals surface area contributed by atoms with Crippen molar-refractivity contribution in [2.75, 3.05) is 66.7 Å². The van der Waals surface area contributed by atoms with E-state index in [1.165, 1.54) is 0 Å². The van der Waals surface area contributed by atoms with Gasteiger partial charge in [-0.3, -0.25) is 9.59 Å². The van der Waals surface area contributed by atoms with Crippen molar-refractivity contribution in [2.45, 2.75) is 13.8 Å². The van der Waals surface area contributed by atoms with Gasteiger partial charge in [-0.1, -0.05) is 0 Å². The Kier molecular flexibility index (Phi) is 7.30. The second kappa shape index (κ2) is 10.1. The molecule has 2 aromatic carbocycles. The molecule has 1 fully saturated rings. The molecule has 0 unspecified atom stereocenters. The summed E-state index contributed by atoms with van der Waals surface area (Å²) in [5.41, 5.74) is 3.41. The first kappa shape index (κ1) is 21.6. The molecule has 3 rings (SSSR count). The van der Waals surface area contributed by atoms with Crippen LogP contribution in [-0.4, -0.2) is 63.0 Å². The Morgan fingerprint density at radius 3 is 1.73 bits per heavy atom. The second-order valence-corrected chi connectivity index (χ2v) is 7.46. The van der Waals surface area contributed by atoms with Crippen molar-refractivity contribution in [3.63, 3.8) is 0 Å². The maximum atomic E-state index is 12.3. The summed E-state index contributed by atoms with van der Waals surface area (Å²) >= 11 is 0. The normalized spacial score (nSPS) is 14.3. The molecule has 0 bridgehead atoms. The third-order valence-corrected chi connectivity index (χ3v) is 5.45. The van der Waals surface area contributed by atoms with Gasteiger partial charge in [0.25, 0.3) is 0 Å². The standard InChI is InChI=1S/C23H31N5O2/c1-4-27(5-2)20-10-6-18(7-11-20)24-22(29)23(30)25-19-8-12-21(13-9-19)28-16-14-26(3)15-17-28/h6-13H,4-5,14-17H2,1-3H3,(H,24,29)(H,25,30). The summed E-state index contributed by atoms with van der Waals surface area (Å²) in [7, 11) is 2.13. The third kappa shape index (κ3) is 5.51. The fraction of sp³-hybridized carbons (Fsp3) is 0.391. The van der Waals surface area contributed by atoms with E-state index in [9.17, 15) is 9.59 Å². The summed E-state index contributed by atoms with van der Waals surface area (Å²) in [6, 6.07) is 15.1. The highest BCUT2D eigenvalue weighted by molar-refractivity contribution is 6.43. The average Bonchev–Trinajstić information content (AvgIpc) is 2.77. The lowest BCUT2D eigenvalue weighted by Gasteiger charge is -2.34. The van der Waals surface area contributed by atoms with Gasteiger partial charge < -0.3 is 25.3 Å². The first-order valence-corrected chi connectivity index (χ1v) is 10.5. The van der Waals surface area contributed by atoms with Crippen LogP contribution >= 0.6 is 0 Å². The van der Waals surface area contributed by atoms with Gasteiger partial charge in [-0.05, 0) is 69.4 Å². The van der Waals surface area contributed by atoms with Gasteiger partial charge in [-0.15, -0.1) is 0 Å².